The van der Waals surface area contributed by atoms with E-state index < -0.39 is 17.5 Å². The molecule has 0 radical (unpaired) electrons. The van der Waals surface area contributed by atoms with E-state index in [4.69, 9.17) is 8.83 Å². The first-order chi connectivity index (χ1) is 17.4. The van der Waals surface area contributed by atoms with Gasteiger partial charge in [-0.15, -0.1) is 10.2 Å². The predicted octanol–water partition coefficient (Wildman–Crippen LogP) is 4.45. The first-order valence-corrected chi connectivity index (χ1v) is 12.0. The minimum atomic E-state index is -1.06. The predicted molar refractivity (Wildman–Crippen MR) is 138 cm³/mol. The summed E-state index contributed by atoms with van der Waals surface area (Å²) >= 11 is 0. The molecule has 0 aliphatic carbocycles. The highest BCUT2D eigenvalue weighted by molar-refractivity contribution is 6.01. The highest BCUT2D eigenvalue weighted by Gasteiger charge is 2.37. The molecular formula is C27H32N6O4. The molecule has 0 aliphatic heterocycles. The van der Waals surface area contributed by atoms with E-state index in [2.05, 4.69) is 20.7 Å². The average molecular weight is 505 g/mol. The Hall–Kier alpha value is -4.21. The van der Waals surface area contributed by atoms with Crippen LogP contribution in [0.1, 0.15) is 55.2 Å². The Kier molecular flexibility index (Phi) is 7.02. The summed E-state index contributed by atoms with van der Waals surface area (Å²) in [7, 11) is 0. The zero-order valence-electron chi connectivity index (χ0n) is 22.2. The van der Waals surface area contributed by atoms with Crippen molar-refractivity contribution < 1.29 is 18.4 Å². The number of aromatic nitrogens is 4. The number of anilines is 1. The lowest BCUT2D eigenvalue weighted by molar-refractivity contribution is -0.128. The molecule has 0 fully saturated rings. The molecule has 2 amide bonds. The Balaban J connectivity index is 1.76. The van der Waals surface area contributed by atoms with E-state index in [1.54, 1.807) is 31.2 Å². The van der Waals surface area contributed by atoms with E-state index in [1.165, 1.54) is 9.70 Å². The second-order valence-electron chi connectivity index (χ2n) is 10.2. The van der Waals surface area contributed by atoms with Gasteiger partial charge in [0.05, 0.1) is 0 Å². The van der Waals surface area contributed by atoms with Crippen LogP contribution in [0.15, 0.2) is 51.3 Å². The quantitative estimate of drug-likeness (QED) is 0.395. The monoisotopic (exact) mass is 504 g/mol. The molecule has 0 aliphatic rings. The molecule has 4 aromatic rings. The van der Waals surface area contributed by atoms with Gasteiger partial charge in [-0.3, -0.25) is 14.5 Å². The number of amides is 2. The van der Waals surface area contributed by atoms with Crippen molar-refractivity contribution in [2.24, 2.45) is 0 Å². The van der Waals surface area contributed by atoms with Crippen LogP contribution in [0, 0.1) is 27.7 Å². The van der Waals surface area contributed by atoms with Crippen molar-refractivity contribution >= 4 is 17.5 Å². The van der Waals surface area contributed by atoms with Gasteiger partial charge in [-0.05, 0) is 89.6 Å². The van der Waals surface area contributed by atoms with Crippen LogP contribution >= 0.6 is 0 Å². The van der Waals surface area contributed by atoms with E-state index in [0.717, 1.165) is 11.1 Å². The van der Waals surface area contributed by atoms with Crippen LogP contribution in [0.3, 0.4) is 0 Å². The van der Waals surface area contributed by atoms with Crippen molar-refractivity contribution in [2.45, 2.75) is 66.6 Å². The molecule has 0 bridgehead atoms. The Morgan fingerprint density at radius 1 is 1.00 bits per heavy atom. The Morgan fingerprint density at radius 2 is 1.70 bits per heavy atom. The smallest absolute Gasteiger partial charge is 0.251 e. The SMILES string of the molecule is Cc1ccc(N(C(=O)Cn2nnc(-c3ccc(C)o3)n2)[C@@H](C(=O)NC(C)(C)C)c2ccc(C)o2)c(C)c1. The van der Waals surface area contributed by atoms with Crippen LogP contribution < -0.4 is 10.2 Å². The topological polar surface area (TPSA) is 119 Å². The van der Waals surface area contributed by atoms with Gasteiger partial charge in [0.15, 0.2) is 11.8 Å². The van der Waals surface area contributed by atoms with E-state index >= 15 is 0 Å². The molecule has 3 aromatic heterocycles. The lowest BCUT2D eigenvalue weighted by Crippen LogP contribution is -2.50. The van der Waals surface area contributed by atoms with Gasteiger partial charge in [0.2, 0.25) is 5.82 Å². The van der Waals surface area contributed by atoms with Crippen molar-refractivity contribution in [1.29, 1.82) is 0 Å². The summed E-state index contributed by atoms with van der Waals surface area (Å²) in [5, 5.41) is 15.4. The molecule has 1 atom stereocenters. The first-order valence-electron chi connectivity index (χ1n) is 12.0. The molecule has 1 N–H and O–H groups in total. The molecule has 0 unspecified atom stereocenters. The summed E-state index contributed by atoms with van der Waals surface area (Å²) in [5.41, 5.74) is 1.93. The number of nitrogens with one attached hydrogen (secondary N) is 1. The molecule has 4 rings (SSSR count). The summed E-state index contributed by atoms with van der Waals surface area (Å²) in [6.07, 6.45) is 0. The van der Waals surface area contributed by atoms with Crippen LogP contribution in [0.4, 0.5) is 5.69 Å². The fourth-order valence-electron chi connectivity index (χ4n) is 4.07. The third-order valence-corrected chi connectivity index (χ3v) is 5.61. The van der Waals surface area contributed by atoms with E-state index in [9.17, 15) is 9.59 Å². The van der Waals surface area contributed by atoms with E-state index in [0.29, 0.717) is 28.7 Å². The Bertz CT molecular complexity index is 1420. The molecular weight excluding hydrogens is 472 g/mol. The molecule has 0 spiro atoms. The van der Waals surface area contributed by atoms with Crippen LogP contribution in [0.25, 0.3) is 11.6 Å². The van der Waals surface area contributed by atoms with Gasteiger partial charge in [-0.1, -0.05) is 17.7 Å². The lowest BCUT2D eigenvalue weighted by atomic mass is 10.0. The summed E-state index contributed by atoms with van der Waals surface area (Å²) in [4.78, 5) is 30.3. The van der Waals surface area contributed by atoms with Crippen LogP contribution in [-0.4, -0.2) is 37.6 Å². The lowest BCUT2D eigenvalue weighted by Gasteiger charge is -2.33. The molecule has 0 saturated carbocycles. The van der Waals surface area contributed by atoms with E-state index in [-0.39, 0.29) is 18.3 Å². The standard InChI is InChI=1S/C27H32N6O4/c1-16-8-11-20(17(2)14-16)33(24(21-12-9-18(3)36-21)26(35)28-27(5,6)7)23(34)15-32-30-25(29-31-32)22-13-10-19(4)37-22/h8-14,24H,15H2,1-7H3,(H,28,35)/t24-/m1/s1. The number of aryl methyl sites for hydroxylation is 4. The first kappa shape index (κ1) is 25.9. The van der Waals surface area contributed by atoms with Crippen molar-refractivity contribution in [3.63, 3.8) is 0 Å². The third kappa shape index (κ3) is 5.96. The number of carbonyl (C=O) groups excluding carboxylic acids is 2. The fourth-order valence-corrected chi connectivity index (χ4v) is 4.07. The maximum absolute atomic E-state index is 13.9. The van der Waals surface area contributed by atoms with Crippen LogP contribution in [-0.2, 0) is 16.1 Å². The number of furan rings is 2. The van der Waals surface area contributed by atoms with Crippen molar-refractivity contribution in [3.8, 4) is 11.6 Å². The van der Waals surface area contributed by atoms with Crippen molar-refractivity contribution in [3.05, 3.63) is 70.9 Å². The number of carbonyl (C=O) groups is 2. The van der Waals surface area contributed by atoms with Crippen molar-refractivity contribution in [2.75, 3.05) is 4.90 Å². The fraction of sp³-hybridized carbons (Fsp3) is 0.370. The van der Waals surface area contributed by atoms with Gasteiger partial charge in [-0.25, -0.2) is 0 Å². The number of benzene rings is 1. The molecule has 3 heterocycles. The molecule has 37 heavy (non-hydrogen) atoms. The minimum Gasteiger partial charge on any atom is -0.464 e. The zero-order valence-corrected chi connectivity index (χ0v) is 22.2. The number of nitrogens with zero attached hydrogens (tertiary/aromatic N) is 5. The third-order valence-electron chi connectivity index (χ3n) is 5.61. The normalized spacial score (nSPS) is 12.4. The van der Waals surface area contributed by atoms with Gasteiger partial charge in [-0.2, -0.15) is 4.80 Å². The van der Waals surface area contributed by atoms with Crippen LogP contribution in [0.5, 0.6) is 0 Å². The second-order valence-corrected chi connectivity index (χ2v) is 10.2. The highest BCUT2D eigenvalue weighted by atomic mass is 16.3. The molecule has 194 valence electrons. The number of tetrazole rings is 1. The van der Waals surface area contributed by atoms with Gasteiger partial charge in [0.25, 0.3) is 11.8 Å². The second kappa shape index (κ2) is 10.0. The van der Waals surface area contributed by atoms with Crippen LogP contribution in [0.2, 0.25) is 0 Å². The van der Waals surface area contributed by atoms with E-state index in [1.807, 2.05) is 59.7 Å². The Labute approximate surface area is 215 Å². The number of hydrogen-bond acceptors (Lipinski definition) is 7. The van der Waals surface area contributed by atoms with Gasteiger partial charge >= 0.3 is 0 Å². The summed E-state index contributed by atoms with van der Waals surface area (Å²) in [6.45, 7) is 12.9. The molecule has 1 aromatic carbocycles. The summed E-state index contributed by atoms with van der Waals surface area (Å²) in [5.74, 6) is 1.64. The number of hydrogen-bond donors (Lipinski definition) is 1. The largest absolute Gasteiger partial charge is 0.464 e. The molecule has 0 saturated heterocycles. The maximum atomic E-state index is 13.9. The van der Waals surface area contributed by atoms with Gasteiger partial charge in [0, 0.05) is 11.2 Å². The zero-order chi connectivity index (χ0) is 26.9. The van der Waals surface area contributed by atoms with Gasteiger partial charge < -0.3 is 14.2 Å². The maximum Gasteiger partial charge on any atom is 0.251 e. The van der Waals surface area contributed by atoms with Crippen molar-refractivity contribution in [1.82, 2.24) is 25.5 Å². The Morgan fingerprint density at radius 3 is 2.30 bits per heavy atom. The summed E-state index contributed by atoms with van der Waals surface area (Å²) < 4.78 is 11.5. The highest BCUT2D eigenvalue weighted by Crippen LogP contribution is 2.32. The van der Waals surface area contributed by atoms with Gasteiger partial charge in [0.1, 0.15) is 23.8 Å². The average Bonchev–Trinajstić information content (AvgIpc) is 3.52. The minimum absolute atomic E-state index is 0.251. The molecule has 10 nitrogen and oxygen atoms in total. The molecule has 10 heteroatoms. The summed E-state index contributed by atoms with van der Waals surface area (Å²) in [6, 6.07) is 11.7. The number of rotatable bonds is 7.